The van der Waals surface area contributed by atoms with Gasteiger partial charge in [-0.2, -0.15) is 0 Å². The van der Waals surface area contributed by atoms with Crippen molar-refractivity contribution in [3.8, 4) is 5.75 Å². The van der Waals surface area contributed by atoms with Gasteiger partial charge < -0.3 is 15.4 Å². The lowest BCUT2D eigenvalue weighted by atomic mass is 10.1. The number of benzene rings is 1. The van der Waals surface area contributed by atoms with Gasteiger partial charge in [0.15, 0.2) is 0 Å². The molecule has 1 aromatic rings. The number of nitrogens with zero attached hydrogens (tertiary/aromatic N) is 1. The standard InChI is InChI=1S/C13H22N2O/c1-5-11-8-12(6-7-13(11)16-4)15(3)10(2)9-14/h6-8,10H,5,9,14H2,1-4H3. The molecular weight excluding hydrogens is 200 g/mol. The number of likely N-dealkylation sites (N-methyl/N-ethyl adjacent to an activating group) is 1. The molecule has 3 heteroatoms. The Labute approximate surface area is 98.2 Å². The van der Waals surface area contributed by atoms with Crippen molar-refractivity contribution in [2.75, 3.05) is 25.6 Å². The maximum absolute atomic E-state index is 5.67. The van der Waals surface area contributed by atoms with Crippen LogP contribution in [0.15, 0.2) is 18.2 Å². The van der Waals surface area contributed by atoms with Gasteiger partial charge >= 0.3 is 0 Å². The lowest BCUT2D eigenvalue weighted by Gasteiger charge is -2.26. The summed E-state index contributed by atoms with van der Waals surface area (Å²) in [5, 5.41) is 0. The molecule has 2 N–H and O–H groups in total. The molecule has 0 bridgehead atoms. The van der Waals surface area contributed by atoms with Crippen LogP contribution >= 0.6 is 0 Å². The van der Waals surface area contributed by atoms with E-state index in [1.54, 1.807) is 7.11 Å². The molecule has 1 unspecified atom stereocenters. The number of ether oxygens (including phenoxy) is 1. The van der Waals surface area contributed by atoms with Crippen molar-refractivity contribution >= 4 is 5.69 Å². The first kappa shape index (κ1) is 12.8. The van der Waals surface area contributed by atoms with Gasteiger partial charge in [0, 0.05) is 25.3 Å². The number of methoxy groups -OCH3 is 1. The first-order valence-electron chi connectivity index (χ1n) is 5.73. The fraction of sp³-hybridized carbons (Fsp3) is 0.538. The van der Waals surface area contributed by atoms with Gasteiger partial charge in [0.25, 0.3) is 0 Å². The molecule has 0 amide bonds. The van der Waals surface area contributed by atoms with Gasteiger partial charge in [-0.1, -0.05) is 6.92 Å². The third-order valence-corrected chi connectivity index (χ3v) is 3.05. The van der Waals surface area contributed by atoms with Crippen molar-refractivity contribution in [2.24, 2.45) is 5.73 Å². The molecule has 3 nitrogen and oxygen atoms in total. The summed E-state index contributed by atoms with van der Waals surface area (Å²) in [4.78, 5) is 2.19. The largest absolute Gasteiger partial charge is 0.496 e. The number of anilines is 1. The van der Waals surface area contributed by atoms with Crippen LogP contribution in [0.25, 0.3) is 0 Å². The predicted molar refractivity (Wildman–Crippen MR) is 69.3 cm³/mol. The van der Waals surface area contributed by atoms with Crippen molar-refractivity contribution in [3.05, 3.63) is 23.8 Å². The van der Waals surface area contributed by atoms with E-state index in [-0.39, 0.29) is 0 Å². The zero-order valence-electron chi connectivity index (χ0n) is 10.7. The van der Waals surface area contributed by atoms with E-state index in [9.17, 15) is 0 Å². The molecule has 16 heavy (non-hydrogen) atoms. The molecule has 0 radical (unpaired) electrons. The fourth-order valence-electron chi connectivity index (χ4n) is 1.67. The molecule has 0 saturated carbocycles. The van der Waals surface area contributed by atoms with E-state index >= 15 is 0 Å². The summed E-state index contributed by atoms with van der Waals surface area (Å²) in [6.45, 7) is 4.91. The van der Waals surface area contributed by atoms with Crippen LogP contribution in [0.5, 0.6) is 5.75 Å². The Kier molecular flexibility index (Phi) is 4.62. The number of hydrogen-bond donors (Lipinski definition) is 1. The smallest absolute Gasteiger partial charge is 0.122 e. The molecule has 1 aromatic carbocycles. The van der Waals surface area contributed by atoms with Crippen molar-refractivity contribution < 1.29 is 4.74 Å². The van der Waals surface area contributed by atoms with Gasteiger partial charge in [0.05, 0.1) is 7.11 Å². The minimum atomic E-state index is 0.345. The number of aryl methyl sites for hydroxylation is 1. The summed E-state index contributed by atoms with van der Waals surface area (Å²) in [6.07, 6.45) is 0.974. The maximum Gasteiger partial charge on any atom is 0.122 e. The Morgan fingerprint density at radius 1 is 1.44 bits per heavy atom. The highest BCUT2D eigenvalue weighted by molar-refractivity contribution is 5.53. The number of rotatable bonds is 5. The normalized spacial score (nSPS) is 12.3. The Balaban J connectivity index is 2.98. The summed E-state index contributed by atoms with van der Waals surface area (Å²) in [7, 11) is 3.78. The lowest BCUT2D eigenvalue weighted by Crippen LogP contribution is -2.35. The molecule has 90 valence electrons. The third-order valence-electron chi connectivity index (χ3n) is 3.05. The van der Waals surface area contributed by atoms with E-state index in [1.165, 1.54) is 11.3 Å². The topological polar surface area (TPSA) is 38.5 Å². The zero-order valence-corrected chi connectivity index (χ0v) is 10.7. The molecule has 0 saturated heterocycles. The summed E-state index contributed by atoms with van der Waals surface area (Å²) >= 11 is 0. The van der Waals surface area contributed by atoms with E-state index < -0.39 is 0 Å². The van der Waals surface area contributed by atoms with E-state index in [0.29, 0.717) is 12.6 Å². The second-order valence-electron chi connectivity index (χ2n) is 4.05. The highest BCUT2D eigenvalue weighted by atomic mass is 16.5. The van der Waals surface area contributed by atoms with E-state index in [1.807, 2.05) is 6.07 Å². The highest BCUT2D eigenvalue weighted by Crippen LogP contribution is 2.25. The van der Waals surface area contributed by atoms with Crippen molar-refractivity contribution in [1.82, 2.24) is 0 Å². The van der Waals surface area contributed by atoms with Gasteiger partial charge in [0.2, 0.25) is 0 Å². The van der Waals surface area contributed by atoms with E-state index in [0.717, 1.165) is 12.2 Å². The average molecular weight is 222 g/mol. The summed E-state index contributed by atoms with van der Waals surface area (Å²) in [6, 6.07) is 6.61. The molecule has 0 fully saturated rings. The Morgan fingerprint density at radius 3 is 2.62 bits per heavy atom. The minimum Gasteiger partial charge on any atom is -0.496 e. The molecule has 0 aromatic heterocycles. The zero-order chi connectivity index (χ0) is 12.1. The monoisotopic (exact) mass is 222 g/mol. The Hall–Kier alpha value is -1.22. The van der Waals surface area contributed by atoms with Gasteiger partial charge in [-0.05, 0) is 37.1 Å². The van der Waals surface area contributed by atoms with Crippen LogP contribution in [0.2, 0.25) is 0 Å². The van der Waals surface area contributed by atoms with E-state index in [2.05, 4.69) is 37.9 Å². The van der Waals surface area contributed by atoms with Crippen LogP contribution in [0.3, 0.4) is 0 Å². The summed E-state index contributed by atoms with van der Waals surface area (Å²) in [5.74, 6) is 0.958. The van der Waals surface area contributed by atoms with Gasteiger partial charge in [-0.25, -0.2) is 0 Å². The quantitative estimate of drug-likeness (QED) is 0.828. The highest BCUT2D eigenvalue weighted by Gasteiger charge is 2.10. The molecule has 0 spiro atoms. The minimum absolute atomic E-state index is 0.345. The number of nitrogens with two attached hydrogens (primary N) is 1. The van der Waals surface area contributed by atoms with Crippen LogP contribution < -0.4 is 15.4 Å². The maximum atomic E-state index is 5.67. The second-order valence-corrected chi connectivity index (χ2v) is 4.05. The fourth-order valence-corrected chi connectivity index (χ4v) is 1.67. The Bertz CT molecular complexity index is 339. The molecule has 0 aliphatic rings. The van der Waals surface area contributed by atoms with Crippen molar-refractivity contribution in [1.29, 1.82) is 0 Å². The van der Waals surface area contributed by atoms with Crippen molar-refractivity contribution in [3.63, 3.8) is 0 Å². The molecule has 0 heterocycles. The first-order valence-corrected chi connectivity index (χ1v) is 5.73. The average Bonchev–Trinajstić information content (AvgIpc) is 2.35. The molecule has 0 aliphatic carbocycles. The summed E-state index contributed by atoms with van der Waals surface area (Å²) < 4.78 is 5.31. The van der Waals surface area contributed by atoms with Crippen LogP contribution in [0.4, 0.5) is 5.69 Å². The van der Waals surface area contributed by atoms with Crippen LogP contribution in [0, 0.1) is 0 Å². The molecule has 0 aliphatic heterocycles. The second kappa shape index (κ2) is 5.75. The Morgan fingerprint density at radius 2 is 2.12 bits per heavy atom. The molecular formula is C13H22N2O. The number of hydrogen-bond acceptors (Lipinski definition) is 3. The van der Waals surface area contributed by atoms with Crippen LogP contribution in [0.1, 0.15) is 19.4 Å². The lowest BCUT2D eigenvalue weighted by molar-refractivity contribution is 0.410. The predicted octanol–water partition coefficient (Wildman–Crippen LogP) is 2.04. The van der Waals surface area contributed by atoms with E-state index in [4.69, 9.17) is 10.5 Å². The van der Waals surface area contributed by atoms with Crippen molar-refractivity contribution in [2.45, 2.75) is 26.3 Å². The SMILES string of the molecule is CCc1cc(N(C)C(C)CN)ccc1OC. The summed E-state index contributed by atoms with van der Waals surface area (Å²) in [5.41, 5.74) is 8.09. The van der Waals surface area contributed by atoms with Gasteiger partial charge in [-0.3, -0.25) is 0 Å². The first-order chi connectivity index (χ1) is 7.63. The molecule has 1 rings (SSSR count). The molecule has 1 atom stereocenters. The third kappa shape index (κ3) is 2.67. The van der Waals surface area contributed by atoms with Crippen LogP contribution in [-0.4, -0.2) is 26.7 Å². The van der Waals surface area contributed by atoms with Crippen LogP contribution in [-0.2, 0) is 6.42 Å². The van der Waals surface area contributed by atoms with Gasteiger partial charge in [-0.15, -0.1) is 0 Å². The van der Waals surface area contributed by atoms with Gasteiger partial charge in [0.1, 0.15) is 5.75 Å².